The second-order valence-electron chi connectivity index (χ2n) is 7.67. The summed E-state index contributed by atoms with van der Waals surface area (Å²) in [5, 5.41) is 3.28. The molecule has 4 aromatic rings. The van der Waals surface area contributed by atoms with Crippen LogP contribution in [0.2, 0.25) is 5.02 Å². The molecule has 0 fully saturated rings. The molecule has 0 radical (unpaired) electrons. The number of amides is 1. The zero-order chi connectivity index (χ0) is 22.7. The highest BCUT2D eigenvalue weighted by Gasteiger charge is 2.13. The summed E-state index contributed by atoms with van der Waals surface area (Å²) in [6, 6.07) is 18.5. The molecule has 1 aromatic heterocycles. The molecule has 0 saturated carbocycles. The third-order valence-corrected chi connectivity index (χ3v) is 5.77. The number of nitrogens with one attached hydrogen (secondary N) is 1. The summed E-state index contributed by atoms with van der Waals surface area (Å²) in [6.07, 6.45) is 1.08. The van der Waals surface area contributed by atoms with E-state index in [9.17, 15) is 4.79 Å². The van der Waals surface area contributed by atoms with Crippen LogP contribution in [-0.2, 0) is 0 Å². The molecule has 5 nitrogen and oxygen atoms in total. The molecule has 1 unspecified atom stereocenters. The zero-order valence-corrected chi connectivity index (χ0v) is 19.1. The van der Waals surface area contributed by atoms with Crippen LogP contribution in [0.3, 0.4) is 0 Å². The van der Waals surface area contributed by atoms with Gasteiger partial charge in [0.25, 0.3) is 5.91 Å². The molecule has 0 aliphatic carbocycles. The van der Waals surface area contributed by atoms with Gasteiger partial charge in [-0.2, -0.15) is 0 Å². The van der Waals surface area contributed by atoms with Crippen molar-refractivity contribution in [1.82, 2.24) is 4.98 Å². The lowest BCUT2D eigenvalue weighted by atomic mass is 9.98. The van der Waals surface area contributed by atoms with Gasteiger partial charge >= 0.3 is 0 Å². The molecule has 4 rings (SSSR count). The van der Waals surface area contributed by atoms with Crippen LogP contribution < -0.4 is 10.1 Å². The van der Waals surface area contributed by atoms with Crippen molar-refractivity contribution in [2.75, 3.05) is 11.9 Å². The number of nitrogens with zero attached hydrogens (tertiary/aromatic N) is 1. The Bertz CT molecular complexity index is 1250. The SMILES string of the molecule is CCOc1ccc(C(=O)Nc2ccc(-c3nc4cc(C(C)CC)ccc4o3)cc2)cc1Cl. The van der Waals surface area contributed by atoms with Gasteiger partial charge in [-0.05, 0) is 79.4 Å². The summed E-state index contributed by atoms with van der Waals surface area (Å²) < 4.78 is 11.3. The van der Waals surface area contributed by atoms with E-state index in [0.29, 0.717) is 40.4 Å². The van der Waals surface area contributed by atoms with Crippen molar-refractivity contribution < 1.29 is 13.9 Å². The zero-order valence-electron chi connectivity index (χ0n) is 18.3. The Labute approximate surface area is 192 Å². The largest absolute Gasteiger partial charge is 0.492 e. The smallest absolute Gasteiger partial charge is 0.255 e. The quantitative estimate of drug-likeness (QED) is 0.322. The summed E-state index contributed by atoms with van der Waals surface area (Å²) in [5.41, 5.74) is 4.83. The minimum Gasteiger partial charge on any atom is -0.492 e. The fraction of sp³-hybridized carbons (Fsp3) is 0.231. The van der Waals surface area contributed by atoms with E-state index in [1.54, 1.807) is 18.2 Å². The number of ether oxygens (including phenoxy) is 1. The van der Waals surface area contributed by atoms with Crippen molar-refractivity contribution in [3.8, 4) is 17.2 Å². The molecule has 3 aromatic carbocycles. The third kappa shape index (κ3) is 4.63. The monoisotopic (exact) mass is 448 g/mol. The summed E-state index contributed by atoms with van der Waals surface area (Å²) in [7, 11) is 0. The predicted molar refractivity (Wildman–Crippen MR) is 129 cm³/mol. The molecule has 0 spiro atoms. The Morgan fingerprint density at radius 2 is 1.88 bits per heavy atom. The minimum absolute atomic E-state index is 0.248. The number of anilines is 1. The van der Waals surface area contributed by atoms with Gasteiger partial charge in [0.15, 0.2) is 5.58 Å². The average Bonchev–Trinajstić information content (AvgIpc) is 3.23. The van der Waals surface area contributed by atoms with E-state index in [-0.39, 0.29) is 5.91 Å². The summed E-state index contributed by atoms with van der Waals surface area (Å²) in [5.74, 6) is 1.34. The van der Waals surface area contributed by atoms with E-state index < -0.39 is 0 Å². The second-order valence-corrected chi connectivity index (χ2v) is 8.07. The molecule has 1 atom stereocenters. The molecular weight excluding hydrogens is 424 g/mol. The molecular formula is C26H25ClN2O3. The van der Waals surface area contributed by atoms with Crippen LogP contribution in [0.4, 0.5) is 5.69 Å². The molecule has 1 heterocycles. The van der Waals surface area contributed by atoms with E-state index in [1.165, 1.54) is 5.56 Å². The number of oxazole rings is 1. The van der Waals surface area contributed by atoms with Crippen LogP contribution in [0.5, 0.6) is 5.75 Å². The molecule has 6 heteroatoms. The van der Waals surface area contributed by atoms with Crippen molar-refractivity contribution in [1.29, 1.82) is 0 Å². The normalized spacial score (nSPS) is 12.0. The van der Waals surface area contributed by atoms with Gasteiger partial charge in [0.05, 0.1) is 11.6 Å². The summed E-state index contributed by atoms with van der Waals surface area (Å²) >= 11 is 6.19. The number of halogens is 1. The van der Waals surface area contributed by atoms with Crippen LogP contribution in [0.25, 0.3) is 22.6 Å². The van der Waals surface area contributed by atoms with Crippen molar-refractivity contribution in [2.45, 2.75) is 33.1 Å². The van der Waals surface area contributed by atoms with E-state index >= 15 is 0 Å². The lowest BCUT2D eigenvalue weighted by molar-refractivity contribution is 0.102. The first-order valence-corrected chi connectivity index (χ1v) is 11.1. The second kappa shape index (κ2) is 9.45. The topological polar surface area (TPSA) is 64.4 Å². The summed E-state index contributed by atoms with van der Waals surface area (Å²) in [4.78, 5) is 17.2. The van der Waals surface area contributed by atoms with Crippen molar-refractivity contribution in [3.05, 3.63) is 76.8 Å². The van der Waals surface area contributed by atoms with E-state index in [4.69, 9.17) is 20.8 Å². The predicted octanol–water partition coefficient (Wildman–Crippen LogP) is 7.31. The number of carbonyl (C=O) groups excluding carboxylic acids is 1. The van der Waals surface area contributed by atoms with Crippen LogP contribution in [0.1, 0.15) is 49.0 Å². The molecule has 0 bridgehead atoms. The molecule has 0 aliphatic heterocycles. The van der Waals surface area contributed by atoms with Crippen LogP contribution >= 0.6 is 11.6 Å². The third-order valence-electron chi connectivity index (χ3n) is 5.48. The summed E-state index contributed by atoms with van der Waals surface area (Å²) in [6.45, 7) is 6.77. The molecule has 1 N–H and O–H groups in total. The van der Waals surface area contributed by atoms with E-state index in [2.05, 4.69) is 36.3 Å². The van der Waals surface area contributed by atoms with Crippen molar-refractivity contribution >= 4 is 34.3 Å². The van der Waals surface area contributed by atoms with Crippen molar-refractivity contribution in [2.24, 2.45) is 0 Å². The highest BCUT2D eigenvalue weighted by atomic mass is 35.5. The Morgan fingerprint density at radius 1 is 1.09 bits per heavy atom. The number of benzene rings is 3. The van der Waals surface area contributed by atoms with Crippen LogP contribution in [0, 0.1) is 0 Å². The van der Waals surface area contributed by atoms with Gasteiger partial charge in [-0.15, -0.1) is 0 Å². The molecule has 1 amide bonds. The minimum atomic E-state index is -0.248. The lowest BCUT2D eigenvalue weighted by Gasteiger charge is -2.09. The highest BCUT2D eigenvalue weighted by Crippen LogP contribution is 2.29. The van der Waals surface area contributed by atoms with E-state index in [0.717, 1.165) is 23.1 Å². The number of hydrogen-bond acceptors (Lipinski definition) is 4. The maximum Gasteiger partial charge on any atom is 0.255 e. The maximum atomic E-state index is 12.6. The Hall–Kier alpha value is -3.31. The van der Waals surface area contributed by atoms with Gasteiger partial charge in [-0.3, -0.25) is 4.79 Å². The van der Waals surface area contributed by atoms with Crippen LogP contribution in [-0.4, -0.2) is 17.5 Å². The number of hydrogen-bond donors (Lipinski definition) is 1. The molecule has 32 heavy (non-hydrogen) atoms. The first kappa shape index (κ1) is 21.9. The average molecular weight is 449 g/mol. The Morgan fingerprint density at radius 3 is 2.56 bits per heavy atom. The Kier molecular flexibility index (Phi) is 6.47. The van der Waals surface area contributed by atoms with Crippen LogP contribution in [0.15, 0.2) is 65.1 Å². The van der Waals surface area contributed by atoms with Gasteiger partial charge in [0.2, 0.25) is 5.89 Å². The fourth-order valence-electron chi connectivity index (χ4n) is 3.42. The fourth-order valence-corrected chi connectivity index (χ4v) is 3.66. The maximum absolute atomic E-state index is 12.6. The first-order valence-electron chi connectivity index (χ1n) is 10.7. The van der Waals surface area contributed by atoms with Gasteiger partial charge in [0.1, 0.15) is 11.3 Å². The number of fused-ring (bicyclic) bond motifs is 1. The van der Waals surface area contributed by atoms with Crippen molar-refractivity contribution in [3.63, 3.8) is 0 Å². The molecule has 0 aliphatic rings. The van der Waals surface area contributed by atoms with Gasteiger partial charge in [-0.1, -0.05) is 31.5 Å². The lowest BCUT2D eigenvalue weighted by Crippen LogP contribution is -2.11. The molecule has 0 saturated heterocycles. The first-order chi connectivity index (χ1) is 15.5. The van der Waals surface area contributed by atoms with E-state index in [1.807, 2.05) is 37.3 Å². The molecule has 164 valence electrons. The van der Waals surface area contributed by atoms with Gasteiger partial charge in [-0.25, -0.2) is 4.98 Å². The van der Waals surface area contributed by atoms with Gasteiger partial charge < -0.3 is 14.5 Å². The Balaban J connectivity index is 1.49. The number of aromatic nitrogens is 1. The van der Waals surface area contributed by atoms with Gasteiger partial charge in [0, 0.05) is 16.8 Å². The number of rotatable bonds is 7. The highest BCUT2D eigenvalue weighted by molar-refractivity contribution is 6.32. The number of carbonyl (C=O) groups is 1. The standard InChI is InChI=1S/C26H25ClN2O3/c1-4-16(3)18-8-13-24-22(15-18)29-26(32-24)17-6-10-20(11-7-17)28-25(30)19-9-12-23(31-5-2)21(27)14-19/h6-16H,4-5H2,1-3H3,(H,28,30).